The van der Waals surface area contributed by atoms with Gasteiger partial charge < -0.3 is 19.8 Å². The van der Waals surface area contributed by atoms with E-state index in [0.717, 1.165) is 29.1 Å². The molecule has 0 bridgehead atoms. The predicted octanol–water partition coefficient (Wildman–Crippen LogP) is 2.69. The number of rotatable bonds is 10. The van der Waals surface area contributed by atoms with E-state index < -0.39 is 0 Å². The summed E-state index contributed by atoms with van der Waals surface area (Å²) in [6.45, 7) is 3.21. The molecule has 9 heteroatoms. The van der Waals surface area contributed by atoms with Crippen molar-refractivity contribution in [3.05, 3.63) is 41.7 Å². The second-order valence-corrected chi connectivity index (χ2v) is 7.80. The lowest BCUT2D eigenvalue weighted by Gasteiger charge is -2.08. The Morgan fingerprint density at radius 3 is 2.90 bits per heavy atom. The Hall–Kier alpha value is -2.81. The molecular weight excluding hydrogens is 390 g/mol. The monoisotopic (exact) mass is 415 g/mol. The molecule has 0 aliphatic heterocycles. The predicted molar refractivity (Wildman–Crippen MR) is 114 cm³/mol. The SMILES string of the molecule is CCSCCCOc1nc(N)c2ncn(Cc3cccc(CC(=O)OC)c3)c2n1. The number of esters is 1. The summed E-state index contributed by atoms with van der Waals surface area (Å²) in [6.07, 6.45) is 2.84. The van der Waals surface area contributed by atoms with Crippen molar-refractivity contribution in [3.63, 3.8) is 0 Å². The van der Waals surface area contributed by atoms with Crippen molar-refractivity contribution in [2.75, 3.05) is 31.0 Å². The molecule has 1 aromatic carbocycles. The van der Waals surface area contributed by atoms with E-state index in [1.54, 1.807) is 6.33 Å². The molecule has 0 unspecified atom stereocenters. The normalized spacial score (nSPS) is 11.0. The number of thioether (sulfide) groups is 1. The van der Waals surface area contributed by atoms with Gasteiger partial charge in [0.2, 0.25) is 0 Å². The standard InChI is InChI=1S/C20H25N5O3S/c1-3-29-9-5-8-28-20-23-18(21)17-19(24-20)25(13-22-17)12-15-7-4-6-14(10-15)11-16(26)27-2/h4,6-7,10,13H,3,5,8-9,11-12H2,1-2H3,(H2,21,23,24). The molecule has 0 fully saturated rings. The van der Waals surface area contributed by atoms with Crippen LogP contribution in [-0.2, 0) is 22.5 Å². The number of benzene rings is 1. The number of nitrogens with two attached hydrogens (primary N) is 1. The average Bonchev–Trinajstić information content (AvgIpc) is 3.11. The second kappa shape index (κ2) is 10.1. The third-order valence-electron chi connectivity index (χ3n) is 4.26. The molecule has 3 rings (SSSR count). The van der Waals surface area contributed by atoms with Crippen LogP contribution in [0.4, 0.5) is 5.82 Å². The molecular formula is C20H25N5O3S. The van der Waals surface area contributed by atoms with Crippen LogP contribution in [0.5, 0.6) is 6.01 Å². The van der Waals surface area contributed by atoms with Crippen molar-refractivity contribution in [2.45, 2.75) is 26.3 Å². The van der Waals surface area contributed by atoms with Crippen molar-refractivity contribution in [1.82, 2.24) is 19.5 Å². The summed E-state index contributed by atoms with van der Waals surface area (Å²) < 4.78 is 12.3. The topological polar surface area (TPSA) is 105 Å². The van der Waals surface area contributed by atoms with E-state index in [9.17, 15) is 4.79 Å². The fourth-order valence-electron chi connectivity index (χ4n) is 2.87. The van der Waals surface area contributed by atoms with E-state index in [-0.39, 0.29) is 18.4 Å². The number of fused-ring (bicyclic) bond motifs is 1. The van der Waals surface area contributed by atoms with Crippen LogP contribution in [-0.4, -0.2) is 50.7 Å². The molecule has 0 radical (unpaired) electrons. The summed E-state index contributed by atoms with van der Waals surface area (Å²) in [5, 5.41) is 0. The smallest absolute Gasteiger partial charge is 0.320 e. The number of carbonyl (C=O) groups is 1. The number of nitrogen functional groups attached to an aromatic ring is 1. The maximum absolute atomic E-state index is 11.5. The van der Waals surface area contributed by atoms with Crippen LogP contribution in [0, 0.1) is 0 Å². The van der Waals surface area contributed by atoms with Crippen molar-refractivity contribution >= 4 is 34.7 Å². The van der Waals surface area contributed by atoms with E-state index in [2.05, 4.69) is 21.9 Å². The van der Waals surface area contributed by atoms with Gasteiger partial charge in [0.25, 0.3) is 0 Å². The first-order valence-electron chi connectivity index (χ1n) is 9.44. The Balaban J connectivity index is 1.76. The van der Waals surface area contributed by atoms with Gasteiger partial charge in [0.15, 0.2) is 17.0 Å². The van der Waals surface area contributed by atoms with Gasteiger partial charge in [-0.1, -0.05) is 31.2 Å². The zero-order valence-electron chi connectivity index (χ0n) is 16.6. The minimum absolute atomic E-state index is 0.235. The molecule has 2 N–H and O–H groups in total. The third kappa shape index (κ3) is 5.60. The molecule has 2 heterocycles. The quantitative estimate of drug-likeness (QED) is 0.398. The van der Waals surface area contributed by atoms with Gasteiger partial charge in [0.1, 0.15) is 0 Å². The summed E-state index contributed by atoms with van der Waals surface area (Å²) in [4.78, 5) is 24.6. The fourth-order valence-corrected chi connectivity index (χ4v) is 3.48. The zero-order chi connectivity index (χ0) is 20.6. The molecule has 0 spiro atoms. The van der Waals surface area contributed by atoms with Crippen LogP contribution >= 0.6 is 11.8 Å². The minimum Gasteiger partial charge on any atom is -0.469 e. The van der Waals surface area contributed by atoms with E-state index in [1.165, 1.54) is 7.11 Å². The lowest BCUT2D eigenvalue weighted by molar-refractivity contribution is -0.139. The Kier molecular flexibility index (Phi) is 7.29. The Bertz CT molecular complexity index is 976. The van der Waals surface area contributed by atoms with E-state index in [1.807, 2.05) is 40.6 Å². The number of ether oxygens (including phenoxy) is 2. The first-order chi connectivity index (χ1) is 14.1. The summed E-state index contributed by atoms with van der Waals surface area (Å²) in [6, 6.07) is 8.03. The van der Waals surface area contributed by atoms with Crippen LogP contribution in [0.1, 0.15) is 24.5 Å². The molecule has 29 heavy (non-hydrogen) atoms. The van der Waals surface area contributed by atoms with Gasteiger partial charge in [-0.05, 0) is 29.1 Å². The number of nitrogens with zero attached hydrogens (tertiary/aromatic N) is 4. The highest BCUT2D eigenvalue weighted by molar-refractivity contribution is 7.99. The molecule has 0 saturated heterocycles. The number of anilines is 1. The van der Waals surface area contributed by atoms with Gasteiger partial charge in [0, 0.05) is 0 Å². The van der Waals surface area contributed by atoms with Gasteiger partial charge in [-0.3, -0.25) is 4.79 Å². The first kappa shape index (κ1) is 20.9. The van der Waals surface area contributed by atoms with Crippen LogP contribution in [0.25, 0.3) is 11.2 Å². The van der Waals surface area contributed by atoms with Crippen molar-refractivity contribution in [2.24, 2.45) is 0 Å². The first-order valence-corrected chi connectivity index (χ1v) is 10.6. The summed E-state index contributed by atoms with van der Waals surface area (Å²) >= 11 is 1.87. The van der Waals surface area contributed by atoms with E-state index >= 15 is 0 Å². The molecule has 3 aromatic rings. The van der Waals surface area contributed by atoms with Crippen LogP contribution in [0.2, 0.25) is 0 Å². The molecule has 0 saturated carbocycles. The molecule has 0 aliphatic carbocycles. The van der Waals surface area contributed by atoms with Gasteiger partial charge in [-0.2, -0.15) is 21.7 Å². The van der Waals surface area contributed by atoms with Gasteiger partial charge in [0.05, 0.1) is 33.0 Å². The minimum atomic E-state index is -0.269. The number of carbonyl (C=O) groups excluding carboxylic acids is 1. The number of hydrogen-bond donors (Lipinski definition) is 1. The highest BCUT2D eigenvalue weighted by Crippen LogP contribution is 2.21. The van der Waals surface area contributed by atoms with Gasteiger partial charge >= 0.3 is 12.0 Å². The maximum Gasteiger partial charge on any atom is 0.320 e. The molecule has 154 valence electrons. The number of aromatic nitrogens is 4. The Labute approximate surface area is 173 Å². The molecule has 2 aromatic heterocycles. The van der Waals surface area contributed by atoms with Crippen LogP contribution < -0.4 is 10.5 Å². The summed E-state index contributed by atoms with van der Waals surface area (Å²) in [7, 11) is 1.39. The van der Waals surface area contributed by atoms with Gasteiger partial charge in [-0.25, -0.2) is 4.98 Å². The summed E-state index contributed by atoms with van der Waals surface area (Å²) in [5.74, 6) is 2.16. The maximum atomic E-state index is 11.5. The average molecular weight is 416 g/mol. The molecule has 0 atom stereocenters. The summed E-state index contributed by atoms with van der Waals surface area (Å²) in [5.41, 5.74) is 9.12. The van der Waals surface area contributed by atoms with Gasteiger partial charge in [-0.15, -0.1) is 0 Å². The Morgan fingerprint density at radius 1 is 1.28 bits per heavy atom. The van der Waals surface area contributed by atoms with Crippen LogP contribution in [0.3, 0.4) is 0 Å². The number of methoxy groups -OCH3 is 1. The van der Waals surface area contributed by atoms with Crippen LogP contribution in [0.15, 0.2) is 30.6 Å². The molecule has 0 amide bonds. The largest absolute Gasteiger partial charge is 0.469 e. The number of imidazole rings is 1. The van der Waals surface area contributed by atoms with Crippen molar-refractivity contribution in [1.29, 1.82) is 0 Å². The second-order valence-electron chi connectivity index (χ2n) is 6.41. The van der Waals surface area contributed by atoms with Crippen molar-refractivity contribution < 1.29 is 14.3 Å². The number of hydrogen-bond acceptors (Lipinski definition) is 8. The lowest BCUT2D eigenvalue weighted by atomic mass is 10.1. The lowest BCUT2D eigenvalue weighted by Crippen LogP contribution is -2.07. The highest BCUT2D eigenvalue weighted by Gasteiger charge is 2.13. The highest BCUT2D eigenvalue weighted by atomic mass is 32.2. The molecule has 0 aliphatic rings. The molecule has 8 nitrogen and oxygen atoms in total. The van der Waals surface area contributed by atoms with E-state index in [4.69, 9.17) is 15.2 Å². The van der Waals surface area contributed by atoms with E-state index in [0.29, 0.717) is 30.1 Å². The third-order valence-corrected chi connectivity index (χ3v) is 5.24. The zero-order valence-corrected chi connectivity index (χ0v) is 17.4. The fraction of sp³-hybridized carbons (Fsp3) is 0.400. The Morgan fingerprint density at radius 2 is 2.10 bits per heavy atom. The van der Waals surface area contributed by atoms with Crippen molar-refractivity contribution in [3.8, 4) is 6.01 Å².